The van der Waals surface area contributed by atoms with Crippen LogP contribution in [-0.4, -0.2) is 30.9 Å². The number of carbonyl (C=O) groups is 3. The van der Waals surface area contributed by atoms with Gasteiger partial charge >= 0.3 is 5.97 Å². The zero-order valence-electron chi connectivity index (χ0n) is 13.2. The van der Waals surface area contributed by atoms with Crippen molar-refractivity contribution in [2.75, 3.05) is 23.4 Å². The van der Waals surface area contributed by atoms with Crippen molar-refractivity contribution >= 4 is 29.2 Å². The molecule has 6 nitrogen and oxygen atoms in total. The van der Waals surface area contributed by atoms with Crippen LogP contribution in [0.3, 0.4) is 0 Å². The Bertz CT molecular complexity index is 820. The van der Waals surface area contributed by atoms with E-state index in [-0.39, 0.29) is 18.9 Å². The quantitative estimate of drug-likeness (QED) is 0.861. The zero-order valence-corrected chi connectivity index (χ0v) is 13.2. The Hall–Kier alpha value is -3.22. The number of ether oxygens (including phenoxy) is 1. The molecule has 2 aromatic carbocycles. The number of nitrogens with zero attached hydrogens (tertiary/aromatic N) is 1. The molecule has 0 aromatic heterocycles. The summed E-state index contributed by atoms with van der Waals surface area (Å²) in [4.78, 5) is 37.1. The summed E-state index contributed by atoms with van der Waals surface area (Å²) in [6.07, 6.45) is -0.0648. The minimum absolute atomic E-state index is 0.0648. The number of anilines is 2. The molecule has 0 aliphatic carbocycles. The first-order valence-electron chi connectivity index (χ1n) is 7.62. The number of nitrogens with one attached hydrogen (secondary N) is 1. The molecule has 0 bridgehead atoms. The van der Waals surface area contributed by atoms with Crippen LogP contribution in [-0.2, 0) is 25.5 Å². The van der Waals surface area contributed by atoms with Crippen LogP contribution in [0.25, 0.3) is 0 Å². The number of halogens is 1. The van der Waals surface area contributed by atoms with Gasteiger partial charge < -0.3 is 10.1 Å². The predicted molar refractivity (Wildman–Crippen MR) is 88.5 cm³/mol. The van der Waals surface area contributed by atoms with Crippen LogP contribution in [0, 0.1) is 5.82 Å². The molecule has 0 spiro atoms. The highest BCUT2D eigenvalue weighted by Crippen LogP contribution is 2.28. The molecule has 3 rings (SSSR count). The first kappa shape index (κ1) is 16.6. The maximum absolute atomic E-state index is 12.8. The van der Waals surface area contributed by atoms with Gasteiger partial charge in [-0.05, 0) is 29.8 Å². The molecule has 1 heterocycles. The standard InChI is InChI=1S/C18H15FN2O4/c19-13-7-5-12(6-8-13)9-18(24)25-11-17(23)21-10-16(22)20-14-3-1-2-4-15(14)21/h1-8H,9-11H2,(H,20,22). The fourth-order valence-electron chi connectivity index (χ4n) is 2.50. The predicted octanol–water partition coefficient (Wildman–Crippen LogP) is 1.90. The number of fused-ring (bicyclic) bond motifs is 1. The van der Waals surface area contributed by atoms with Crippen LogP contribution in [0.2, 0.25) is 0 Å². The number of esters is 1. The van der Waals surface area contributed by atoms with Crippen LogP contribution in [0.15, 0.2) is 48.5 Å². The minimum atomic E-state index is -0.602. The maximum atomic E-state index is 12.8. The average Bonchev–Trinajstić information content (AvgIpc) is 2.61. The van der Waals surface area contributed by atoms with Crippen LogP contribution >= 0.6 is 0 Å². The van der Waals surface area contributed by atoms with Gasteiger partial charge in [0.05, 0.1) is 17.8 Å². The third-order valence-electron chi connectivity index (χ3n) is 3.69. The number of amides is 2. The van der Waals surface area contributed by atoms with Crippen LogP contribution < -0.4 is 10.2 Å². The van der Waals surface area contributed by atoms with Gasteiger partial charge in [0.1, 0.15) is 12.4 Å². The van der Waals surface area contributed by atoms with Gasteiger partial charge in [0.2, 0.25) is 5.91 Å². The van der Waals surface area contributed by atoms with Gasteiger partial charge in [-0.25, -0.2) is 4.39 Å². The van der Waals surface area contributed by atoms with Gasteiger partial charge in [-0.1, -0.05) is 24.3 Å². The Morgan fingerprint density at radius 3 is 2.60 bits per heavy atom. The lowest BCUT2D eigenvalue weighted by atomic mass is 10.1. The van der Waals surface area contributed by atoms with Crippen molar-refractivity contribution < 1.29 is 23.5 Å². The molecule has 1 N–H and O–H groups in total. The van der Waals surface area contributed by atoms with E-state index in [1.165, 1.54) is 29.2 Å². The summed E-state index contributed by atoms with van der Waals surface area (Å²) in [5.41, 5.74) is 1.67. The average molecular weight is 342 g/mol. The zero-order chi connectivity index (χ0) is 17.8. The van der Waals surface area contributed by atoms with Crippen molar-refractivity contribution in [2.24, 2.45) is 0 Å². The van der Waals surface area contributed by atoms with Gasteiger partial charge in [-0.2, -0.15) is 0 Å². The van der Waals surface area contributed by atoms with E-state index in [4.69, 9.17) is 4.74 Å². The van der Waals surface area contributed by atoms with E-state index in [0.717, 1.165) is 0 Å². The van der Waals surface area contributed by atoms with Gasteiger partial charge in [0, 0.05) is 0 Å². The van der Waals surface area contributed by atoms with E-state index in [9.17, 15) is 18.8 Å². The topological polar surface area (TPSA) is 75.7 Å². The Morgan fingerprint density at radius 2 is 1.84 bits per heavy atom. The van der Waals surface area contributed by atoms with Crippen molar-refractivity contribution in [2.45, 2.75) is 6.42 Å². The molecular weight excluding hydrogens is 327 g/mol. The third-order valence-corrected chi connectivity index (χ3v) is 3.69. The summed E-state index contributed by atoms with van der Waals surface area (Å²) in [6.45, 7) is -0.604. The van der Waals surface area contributed by atoms with E-state index in [2.05, 4.69) is 5.32 Å². The molecule has 1 aliphatic rings. The van der Waals surface area contributed by atoms with Crippen LogP contribution in [0.1, 0.15) is 5.56 Å². The second-order valence-corrected chi connectivity index (χ2v) is 5.51. The maximum Gasteiger partial charge on any atom is 0.310 e. The summed E-state index contributed by atoms with van der Waals surface area (Å²) in [5, 5.41) is 2.68. The number of benzene rings is 2. The SMILES string of the molecule is O=C1CN(C(=O)COC(=O)Cc2ccc(F)cc2)c2ccccc2N1. The number of rotatable bonds is 4. The molecule has 1 aliphatic heterocycles. The van der Waals surface area contributed by atoms with Crippen molar-refractivity contribution in [3.8, 4) is 0 Å². The van der Waals surface area contributed by atoms with Gasteiger partial charge in [0.15, 0.2) is 6.61 Å². The largest absolute Gasteiger partial charge is 0.455 e. The summed E-state index contributed by atoms with van der Waals surface area (Å²) in [7, 11) is 0. The second kappa shape index (κ2) is 7.12. The Kier molecular flexibility index (Phi) is 4.74. The summed E-state index contributed by atoms with van der Waals surface area (Å²) in [6, 6.07) is 12.3. The minimum Gasteiger partial charge on any atom is -0.455 e. The lowest BCUT2D eigenvalue weighted by molar-refractivity contribution is -0.147. The number of hydrogen-bond acceptors (Lipinski definition) is 4. The van der Waals surface area contributed by atoms with Gasteiger partial charge in [-0.15, -0.1) is 0 Å². The van der Waals surface area contributed by atoms with E-state index < -0.39 is 24.3 Å². The molecule has 0 saturated heterocycles. The van der Waals surface area contributed by atoms with E-state index in [1.807, 2.05) is 0 Å². The second-order valence-electron chi connectivity index (χ2n) is 5.51. The highest BCUT2D eigenvalue weighted by molar-refractivity contribution is 6.10. The van der Waals surface area contributed by atoms with Crippen molar-refractivity contribution in [3.63, 3.8) is 0 Å². The molecular formula is C18H15FN2O4. The van der Waals surface area contributed by atoms with E-state index in [1.54, 1.807) is 24.3 Å². The van der Waals surface area contributed by atoms with Gasteiger partial charge in [-0.3, -0.25) is 19.3 Å². The normalized spacial score (nSPS) is 13.0. The molecule has 25 heavy (non-hydrogen) atoms. The van der Waals surface area contributed by atoms with E-state index >= 15 is 0 Å². The smallest absolute Gasteiger partial charge is 0.310 e. The fraction of sp³-hybridized carbons (Fsp3) is 0.167. The lowest BCUT2D eigenvalue weighted by Crippen LogP contribution is -2.44. The molecule has 7 heteroatoms. The van der Waals surface area contributed by atoms with Gasteiger partial charge in [0.25, 0.3) is 5.91 Å². The molecule has 2 amide bonds. The molecule has 128 valence electrons. The van der Waals surface area contributed by atoms with Crippen molar-refractivity contribution in [3.05, 3.63) is 59.9 Å². The van der Waals surface area contributed by atoms with Crippen LogP contribution in [0.4, 0.5) is 15.8 Å². The summed E-state index contributed by atoms with van der Waals surface area (Å²) < 4.78 is 17.8. The van der Waals surface area contributed by atoms with Crippen LogP contribution in [0.5, 0.6) is 0 Å². The molecule has 2 aromatic rings. The van der Waals surface area contributed by atoms with E-state index in [0.29, 0.717) is 16.9 Å². The Balaban J connectivity index is 1.60. The molecule has 0 fully saturated rings. The third kappa shape index (κ3) is 4.00. The highest BCUT2D eigenvalue weighted by atomic mass is 19.1. The monoisotopic (exact) mass is 342 g/mol. The lowest BCUT2D eigenvalue weighted by Gasteiger charge is -2.28. The first-order chi connectivity index (χ1) is 12.0. The molecule has 0 radical (unpaired) electrons. The summed E-state index contributed by atoms with van der Waals surface area (Å²) >= 11 is 0. The Morgan fingerprint density at radius 1 is 1.12 bits per heavy atom. The van der Waals surface area contributed by atoms with Crippen molar-refractivity contribution in [1.82, 2.24) is 0 Å². The Labute approximate surface area is 143 Å². The number of hydrogen-bond donors (Lipinski definition) is 1. The number of para-hydroxylation sites is 2. The van der Waals surface area contributed by atoms with Crippen molar-refractivity contribution in [1.29, 1.82) is 0 Å². The first-order valence-corrected chi connectivity index (χ1v) is 7.62. The molecule has 0 atom stereocenters. The summed E-state index contributed by atoms with van der Waals surface area (Å²) in [5.74, 6) is -1.80. The molecule has 0 unspecified atom stereocenters. The molecule has 0 saturated carbocycles. The fourth-order valence-corrected chi connectivity index (χ4v) is 2.50. The number of carbonyl (C=O) groups excluding carboxylic acids is 3. The highest BCUT2D eigenvalue weighted by Gasteiger charge is 2.27.